The van der Waals surface area contributed by atoms with Gasteiger partial charge < -0.3 is 15.0 Å². The first kappa shape index (κ1) is 20.2. The van der Waals surface area contributed by atoms with E-state index in [1.165, 1.54) is 5.56 Å². The van der Waals surface area contributed by atoms with Gasteiger partial charge in [-0.1, -0.05) is 30.3 Å². The van der Waals surface area contributed by atoms with E-state index in [9.17, 15) is 9.59 Å². The second kappa shape index (κ2) is 8.11. The Hall–Kier alpha value is -2.67. The van der Waals surface area contributed by atoms with E-state index in [0.717, 1.165) is 62.9 Å². The SMILES string of the molecule is Cn1nc(C(=O)NC2CC2)c2c1CC1(CCN(C(=O)CCc3ccccc3)CC1)OC2. The second-order valence-electron chi connectivity index (χ2n) is 9.16. The lowest BCUT2D eigenvalue weighted by Crippen LogP contribution is -2.50. The molecule has 3 heterocycles. The molecule has 0 unspecified atom stereocenters. The van der Waals surface area contributed by atoms with Gasteiger partial charge in [0.1, 0.15) is 0 Å². The van der Waals surface area contributed by atoms with Crippen LogP contribution in [0.1, 0.15) is 59.4 Å². The Balaban J connectivity index is 1.19. The van der Waals surface area contributed by atoms with E-state index in [1.54, 1.807) is 0 Å². The number of rotatable bonds is 5. The van der Waals surface area contributed by atoms with Crippen molar-refractivity contribution in [2.45, 2.75) is 63.2 Å². The zero-order chi connectivity index (χ0) is 21.4. The smallest absolute Gasteiger partial charge is 0.272 e. The molecule has 2 aliphatic heterocycles. The number of fused-ring (bicyclic) bond motifs is 1. The van der Waals surface area contributed by atoms with Crippen LogP contribution >= 0.6 is 0 Å². The molecule has 2 fully saturated rings. The number of piperidine rings is 1. The predicted molar refractivity (Wildman–Crippen MR) is 115 cm³/mol. The molecule has 5 rings (SSSR count). The van der Waals surface area contributed by atoms with Crippen LogP contribution in [-0.2, 0) is 36.0 Å². The summed E-state index contributed by atoms with van der Waals surface area (Å²) in [6.45, 7) is 1.85. The molecule has 1 saturated heterocycles. The van der Waals surface area contributed by atoms with E-state index in [4.69, 9.17) is 4.74 Å². The van der Waals surface area contributed by atoms with Gasteiger partial charge in [0.2, 0.25) is 5.91 Å². The van der Waals surface area contributed by atoms with Crippen molar-refractivity contribution in [2.24, 2.45) is 7.05 Å². The molecule has 31 heavy (non-hydrogen) atoms. The zero-order valence-corrected chi connectivity index (χ0v) is 18.1. The lowest BCUT2D eigenvalue weighted by molar-refractivity contribution is -0.141. The minimum atomic E-state index is -0.263. The first-order chi connectivity index (χ1) is 15.0. The molecule has 7 heteroatoms. The lowest BCUT2D eigenvalue weighted by Gasteiger charge is -2.44. The fraction of sp³-hybridized carbons (Fsp3) is 0.542. The van der Waals surface area contributed by atoms with Gasteiger partial charge in [-0.3, -0.25) is 14.3 Å². The normalized spacial score (nSPS) is 19.8. The number of hydrogen-bond acceptors (Lipinski definition) is 4. The van der Waals surface area contributed by atoms with Crippen molar-refractivity contribution in [2.75, 3.05) is 13.1 Å². The van der Waals surface area contributed by atoms with Crippen LogP contribution in [0.3, 0.4) is 0 Å². The van der Waals surface area contributed by atoms with Crippen LogP contribution in [0, 0.1) is 0 Å². The van der Waals surface area contributed by atoms with Crippen LogP contribution in [0.15, 0.2) is 30.3 Å². The first-order valence-electron chi connectivity index (χ1n) is 11.3. The highest BCUT2D eigenvalue weighted by atomic mass is 16.5. The van der Waals surface area contributed by atoms with Crippen LogP contribution < -0.4 is 5.32 Å². The van der Waals surface area contributed by atoms with Crippen molar-refractivity contribution < 1.29 is 14.3 Å². The van der Waals surface area contributed by atoms with Gasteiger partial charge in [0, 0.05) is 50.3 Å². The van der Waals surface area contributed by atoms with Gasteiger partial charge in [-0.25, -0.2) is 0 Å². The maximum atomic E-state index is 12.7. The Morgan fingerprint density at radius 3 is 2.65 bits per heavy atom. The molecule has 1 spiro atoms. The van der Waals surface area contributed by atoms with Crippen LogP contribution in [0.25, 0.3) is 0 Å². The summed E-state index contributed by atoms with van der Waals surface area (Å²) in [4.78, 5) is 27.2. The molecule has 2 amide bonds. The van der Waals surface area contributed by atoms with Crippen molar-refractivity contribution in [3.8, 4) is 0 Å². The Kier molecular flexibility index (Phi) is 5.30. The summed E-state index contributed by atoms with van der Waals surface area (Å²) in [5, 5.41) is 7.54. The molecular weight excluding hydrogens is 392 g/mol. The summed E-state index contributed by atoms with van der Waals surface area (Å²) in [6.07, 6.45) is 5.82. The fourth-order valence-corrected chi connectivity index (χ4v) is 4.76. The van der Waals surface area contributed by atoms with Crippen molar-refractivity contribution >= 4 is 11.8 Å². The maximum Gasteiger partial charge on any atom is 0.272 e. The number of nitrogens with one attached hydrogen (secondary N) is 1. The van der Waals surface area contributed by atoms with Gasteiger partial charge >= 0.3 is 0 Å². The number of likely N-dealkylation sites (tertiary alicyclic amines) is 1. The average molecular weight is 423 g/mol. The Morgan fingerprint density at radius 1 is 1.19 bits per heavy atom. The van der Waals surface area contributed by atoms with E-state index in [0.29, 0.717) is 24.8 Å². The molecule has 1 saturated carbocycles. The topological polar surface area (TPSA) is 76.5 Å². The molecule has 1 aromatic carbocycles. The van der Waals surface area contributed by atoms with E-state index in [1.807, 2.05) is 34.8 Å². The highest BCUT2D eigenvalue weighted by molar-refractivity contribution is 5.94. The number of benzene rings is 1. The molecule has 0 atom stereocenters. The van der Waals surface area contributed by atoms with Gasteiger partial charge in [0.25, 0.3) is 5.91 Å². The van der Waals surface area contributed by atoms with Crippen LogP contribution in [0.4, 0.5) is 0 Å². The van der Waals surface area contributed by atoms with Crippen molar-refractivity contribution in [1.29, 1.82) is 0 Å². The van der Waals surface area contributed by atoms with E-state index >= 15 is 0 Å². The van der Waals surface area contributed by atoms with Crippen molar-refractivity contribution in [1.82, 2.24) is 20.0 Å². The molecule has 0 radical (unpaired) electrons. The Labute approximate surface area is 182 Å². The van der Waals surface area contributed by atoms with Crippen LogP contribution in [0.5, 0.6) is 0 Å². The van der Waals surface area contributed by atoms with Crippen LogP contribution in [0.2, 0.25) is 0 Å². The highest BCUT2D eigenvalue weighted by Gasteiger charge is 2.42. The van der Waals surface area contributed by atoms with Crippen LogP contribution in [-0.4, -0.2) is 51.2 Å². The number of aryl methyl sites for hydroxylation is 2. The minimum Gasteiger partial charge on any atom is -0.370 e. The van der Waals surface area contributed by atoms with E-state index in [-0.39, 0.29) is 17.4 Å². The predicted octanol–water partition coefficient (Wildman–Crippen LogP) is 2.38. The third-order valence-corrected chi connectivity index (χ3v) is 6.91. The van der Waals surface area contributed by atoms with Gasteiger partial charge in [-0.2, -0.15) is 5.10 Å². The standard InChI is InChI=1S/C24H30N4O3/c1-27-20-15-24(31-16-19(20)22(26-27)23(30)25-18-8-9-18)11-13-28(14-12-24)21(29)10-7-17-5-3-2-4-6-17/h2-6,18H,7-16H2,1H3,(H,25,30). The van der Waals surface area contributed by atoms with Crippen molar-refractivity contribution in [3.05, 3.63) is 52.8 Å². The van der Waals surface area contributed by atoms with Gasteiger partial charge in [-0.15, -0.1) is 0 Å². The number of ether oxygens (including phenoxy) is 1. The number of aromatic nitrogens is 2. The number of nitrogens with zero attached hydrogens (tertiary/aromatic N) is 3. The summed E-state index contributed by atoms with van der Waals surface area (Å²) >= 11 is 0. The van der Waals surface area contributed by atoms with Gasteiger partial charge in [-0.05, 0) is 37.7 Å². The van der Waals surface area contributed by atoms with E-state index in [2.05, 4.69) is 22.5 Å². The minimum absolute atomic E-state index is 0.0854. The molecule has 164 valence electrons. The molecule has 0 bridgehead atoms. The third-order valence-electron chi connectivity index (χ3n) is 6.91. The second-order valence-corrected chi connectivity index (χ2v) is 9.16. The molecular formula is C24H30N4O3. The molecule has 1 N–H and O–H groups in total. The maximum absolute atomic E-state index is 12.7. The van der Waals surface area contributed by atoms with Gasteiger partial charge in [0.05, 0.1) is 12.2 Å². The monoisotopic (exact) mass is 422 g/mol. The van der Waals surface area contributed by atoms with Gasteiger partial charge in [0.15, 0.2) is 5.69 Å². The molecule has 1 aromatic heterocycles. The lowest BCUT2D eigenvalue weighted by atomic mass is 9.83. The summed E-state index contributed by atoms with van der Waals surface area (Å²) in [7, 11) is 1.91. The fourth-order valence-electron chi connectivity index (χ4n) is 4.76. The number of carbonyl (C=O) groups is 2. The molecule has 1 aliphatic carbocycles. The third kappa shape index (κ3) is 4.24. The van der Waals surface area contributed by atoms with Crippen molar-refractivity contribution in [3.63, 3.8) is 0 Å². The largest absolute Gasteiger partial charge is 0.370 e. The quantitative estimate of drug-likeness (QED) is 0.803. The van der Waals surface area contributed by atoms with E-state index < -0.39 is 0 Å². The number of carbonyl (C=O) groups excluding carboxylic acids is 2. The first-order valence-corrected chi connectivity index (χ1v) is 11.3. The summed E-state index contributed by atoms with van der Waals surface area (Å²) in [5.41, 5.74) is 3.46. The number of hydrogen-bond donors (Lipinski definition) is 1. The molecule has 3 aliphatic rings. The zero-order valence-electron chi connectivity index (χ0n) is 18.1. The Morgan fingerprint density at radius 2 is 1.94 bits per heavy atom. The Bertz CT molecular complexity index is 972. The molecule has 2 aromatic rings. The molecule has 7 nitrogen and oxygen atoms in total. The highest BCUT2D eigenvalue weighted by Crippen LogP contribution is 2.37. The summed E-state index contributed by atoms with van der Waals surface area (Å²) in [5.74, 6) is 0.132. The summed E-state index contributed by atoms with van der Waals surface area (Å²) in [6, 6.07) is 10.5. The average Bonchev–Trinajstić information content (AvgIpc) is 3.55. The summed E-state index contributed by atoms with van der Waals surface area (Å²) < 4.78 is 8.19. The number of amides is 2.